The monoisotopic (exact) mass is 408 g/mol. The molecular formula is C20H26Cl2N4O. The number of nitrogens with one attached hydrogen (secondary N) is 1. The van der Waals surface area contributed by atoms with Crippen molar-refractivity contribution >= 4 is 29.2 Å². The van der Waals surface area contributed by atoms with Gasteiger partial charge in [0.25, 0.3) is 0 Å². The third kappa shape index (κ3) is 5.07. The number of halogens is 2. The van der Waals surface area contributed by atoms with Crippen molar-refractivity contribution in [3.05, 3.63) is 27.5 Å². The SMILES string of the molecule is CC(NC(=O)N(C)C1CCN(C)CC1)c1cnc(C#CC2CC2)c(Cl)c1Cl. The largest absolute Gasteiger partial charge is 0.331 e. The fourth-order valence-corrected chi connectivity index (χ4v) is 3.69. The number of amides is 2. The van der Waals surface area contributed by atoms with E-state index in [9.17, 15) is 4.79 Å². The number of carbonyl (C=O) groups is 1. The Morgan fingerprint density at radius 1 is 1.30 bits per heavy atom. The Balaban J connectivity index is 1.64. The maximum Gasteiger partial charge on any atom is 0.317 e. The predicted octanol–water partition coefficient (Wildman–Crippen LogP) is 3.95. The van der Waals surface area contributed by atoms with Crippen molar-refractivity contribution in [2.24, 2.45) is 5.92 Å². The van der Waals surface area contributed by atoms with E-state index in [1.54, 1.807) is 11.1 Å². The number of rotatable bonds is 3. The van der Waals surface area contributed by atoms with Crippen LogP contribution in [0.5, 0.6) is 0 Å². The van der Waals surface area contributed by atoms with Crippen LogP contribution in [0.2, 0.25) is 10.0 Å². The van der Waals surface area contributed by atoms with E-state index in [1.807, 2.05) is 14.0 Å². The highest BCUT2D eigenvalue weighted by Gasteiger charge is 2.26. The van der Waals surface area contributed by atoms with E-state index < -0.39 is 0 Å². The van der Waals surface area contributed by atoms with Crippen molar-refractivity contribution in [1.29, 1.82) is 0 Å². The third-order valence-corrected chi connectivity index (χ3v) is 6.19. The van der Waals surface area contributed by atoms with E-state index >= 15 is 0 Å². The van der Waals surface area contributed by atoms with Crippen LogP contribution < -0.4 is 5.32 Å². The van der Waals surface area contributed by atoms with Crippen LogP contribution in [0.25, 0.3) is 0 Å². The zero-order chi connectivity index (χ0) is 19.6. The fourth-order valence-electron chi connectivity index (χ4n) is 3.18. The van der Waals surface area contributed by atoms with E-state index in [1.165, 1.54) is 0 Å². The van der Waals surface area contributed by atoms with Crippen LogP contribution in [0.15, 0.2) is 6.20 Å². The van der Waals surface area contributed by atoms with Gasteiger partial charge < -0.3 is 15.1 Å². The van der Waals surface area contributed by atoms with Crippen LogP contribution in [0, 0.1) is 17.8 Å². The van der Waals surface area contributed by atoms with Crippen molar-refractivity contribution in [2.75, 3.05) is 27.2 Å². The molecule has 0 radical (unpaired) electrons. The topological polar surface area (TPSA) is 48.5 Å². The molecule has 1 unspecified atom stereocenters. The highest BCUT2D eigenvalue weighted by molar-refractivity contribution is 6.43. The second kappa shape index (κ2) is 8.68. The van der Waals surface area contributed by atoms with E-state index in [0.717, 1.165) is 38.8 Å². The molecule has 1 aromatic heterocycles. The molecule has 1 aromatic rings. The maximum atomic E-state index is 12.6. The molecule has 2 fully saturated rings. The van der Waals surface area contributed by atoms with Gasteiger partial charge in [0.1, 0.15) is 5.69 Å². The Bertz CT molecular complexity index is 761. The summed E-state index contributed by atoms with van der Waals surface area (Å²) in [7, 11) is 3.96. The lowest BCUT2D eigenvalue weighted by atomic mass is 10.0. The standard InChI is InChI=1S/C20H26Cl2N4O/c1-13(24-20(27)26(3)15-8-10-25(2)11-9-15)16-12-23-17(19(22)18(16)21)7-6-14-4-5-14/h12-15H,4-5,8-11H2,1-3H3,(H,24,27). The minimum atomic E-state index is -0.297. The normalized spacial score (nSPS) is 19.1. The molecule has 3 rings (SSSR count). The molecule has 1 atom stereocenters. The van der Waals surface area contributed by atoms with Crippen LogP contribution >= 0.6 is 23.2 Å². The molecule has 2 amide bonds. The van der Waals surface area contributed by atoms with E-state index in [0.29, 0.717) is 27.2 Å². The molecule has 27 heavy (non-hydrogen) atoms. The summed E-state index contributed by atoms with van der Waals surface area (Å²) in [5.74, 6) is 6.62. The van der Waals surface area contributed by atoms with E-state index in [-0.39, 0.29) is 18.1 Å². The molecule has 2 heterocycles. The van der Waals surface area contributed by atoms with Crippen LogP contribution in [0.1, 0.15) is 49.9 Å². The average molecular weight is 409 g/mol. The zero-order valence-corrected chi connectivity index (χ0v) is 17.6. The van der Waals surface area contributed by atoms with Crippen molar-refractivity contribution < 1.29 is 4.79 Å². The number of piperidine rings is 1. The van der Waals surface area contributed by atoms with Crippen molar-refractivity contribution in [3.8, 4) is 11.8 Å². The Labute approximate surface area is 171 Å². The first-order chi connectivity index (χ1) is 12.9. The van der Waals surface area contributed by atoms with Gasteiger partial charge in [0.05, 0.1) is 16.1 Å². The molecule has 7 heteroatoms. The van der Waals surface area contributed by atoms with Gasteiger partial charge in [-0.05, 0) is 58.7 Å². The lowest BCUT2D eigenvalue weighted by Crippen LogP contribution is -2.48. The lowest BCUT2D eigenvalue weighted by molar-refractivity contribution is 0.146. The van der Waals surface area contributed by atoms with Gasteiger partial charge in [-0.2, -0.15) is 0 Å². The molecule has 1 aliphatic carbocycles. The Morgan fingerprint density at radius 3 is 2.59 bits per heavy atom. The van der Waals surface area contributed by atoms with Crippen LogP contribution in [-0.2, 0) is 0 Å². The summed E-state index contributed by atoms with van der Waals surface area (Å²) in [6, 6.07) is -0.151. The van der Waals surface area contributed by atoms with Gasteiger partial charge in [0.2, 0.25) is 0 Å². The van der Waals surface area contributed by atoms with Crippen molar-refractivity contribution in [1.82, 2.24) is 20.1 Å². The van der Waals surface area contributed by atoms with Gasteiger partial charge in [0, 0.05) is 30.8 Å². The van der Waals surface area contributed by atoms with Gasteiger partial charge in [-0.25, -0.2) is 9.78 Å². The van der Waals surface area contributed by atoms with Gasteiger partial charge in [-0.1, -0.05) is 29.1 Å². The molecule has 1 aliphatic heterocycles. The minimum absolute atomic E-state index is 0.109. The van der Waals surface area contributed by atoms with Gasteiger partial charge in [-0.15, -0.1) is 0 Å². The first-order valence-electron chi connectivity index (χ1n) is 9.44. The smallest absolute Gasteiger partial charge is 0.317 e. The number of nitrogens with zero attached hydrogens (tertiary/aromatic N) is 3. The molecule has 0 bridgehead atoms. The molecule has 146 valence electrons. The van der Waals surface area contributed by atoms with E-state index in [2.05, 4.69) is 34.1 Å². The maximum absolute atomic E-state index is 12.6. The summed E-state index contributed by atoms with van der Waals surface area (Å²) < 4.78 is 0. The summed E-state index contributed by atoms with van der Waals surface area (Å²) >= 11 is 12.8. The summed E-state index contributed by atoms with van der Waals surface area (Å²) in [4.78, 5) is 21.1. The van der Waals surface area contributed by atoms with Crippen LogP contribution in [0.4, 0.5) is 4.79 Å². The second-order valence-corrected chi connectivity index (χ2v) is 8.31. The Morgan fingerprint density at radius 2 is 1.96 bits per heavy atom. The Hall–Kier alpha value is -1.48. The number of likely N-dealkylation sites (tertiary alicyclic amines) is 1. The summed E-state index contributed by atoms with van der Waals surface area (Å²) in [5.41, 5.74) is 1.20. The number of pyridine rings is 1. The zero-order valence-electron chi connectivity index (χ0n) is 16.1. The first kappa shape index (κ1) is 20.3. The molecular weight excluding hydrogens is 383 g/mol. The van der Waals surface area contributed by atoms with Crippen LogP contribution in [-0.4, -0.2) is 54.0 Å². The summed E-state index contributed by atoms with van der Waals surface area (Å²) in [5, 5.41) is 3.76. The number of carbonyl (C=O) groups excluding carboxylic acids is 1. The number of hydrogen-bond acceptors (Lipinski definition) is 3. The van der Waals surface area contributed by atoms with Crippen molar-refractivity contribution in [2.45, 2.75) is 44.7 Å². The predicted molar refractivity (Wildman–Crippen MR) is 109 cm³/mol. The number of aromatic nitrogens is 1. The van der Waals surface area contributed by atoms with Gasteiger partial charge in [0.15, 0.2) is 0 Å². The third-order valence-electron chi connectivity index (χ3n) is 5.32. The second-order valence-electron chi connectivity index (χ2n) is 7.55. The molecule has 5 nitrogen and oxygen atoms in total. The molecule has 1 saturated heterocycles. The highest BCUT2D eigenvalue weighted by Crippen LogP contribution is 2.32. The molecule has 1 N–H and O–H groups in total. The molecule has 0 aromatic carbocycles. The quantitative estimate of drug-likeness (QED) is 0.770. The minimum Gasteiger partial charge on any atom is -0.331 e. The summed E-state index contributed by atoms with van der Waals surface area (Å²) in [6.07, 6.45) is 5.91. The van der Waals surface area contributed by atoms with Crippen molar-refractivity contribution in [3.63, 3.8) is 0 Å². The molecule has 1 saturated carbocycles. The van der Waals surface area contributed by atoms with E-state index in [4.69, 9.17) is 23.2 Å². The molecule has 0 spiro atoms. The number of urea groups is 1. The lowest BCUT2D eigenvalue weighted by Gasteiger charge is -2.35. The summed E-state index contributed by atoms with van der Waals surface area (Å²) in [6.45, 7) is 3.90. The first-order valence-corrected chi connectivity index (χ1v) is 10.2. The highest BCUT2D eigenvalue weighted by atomic mass is 35.5. The van der Waals surface area contributed by atoms with Gasteiger partial charge in [-0.3, -0.25) is 0 Å². The Kier molecular flexibility index (Phi) is 6.52. The average Bonchev–Trinajstić information content (AvgIpc) is 3.47. The molecule has 2 aliphatic rings. The fraction of sp³-hybridized carbons (Fsp3) is 0.600. The van der Waals surface area contributed by atoms with Crippen LogP contribution in [0.3, 0.4) is 0 Å². The number of hydrogen-bond donors (Lipinski definition) is 1. The van der Waals surface area contributed by atoms with Gasteiger partial charge >= 0.3 is 6.03 Å².